The summed E-state index contributed by atoms with van der Waals surface area (Å²) in [7, 11) is 3.75. The van der Waals surface area contributed by atoms with Crippen LogP contribution in [0.15, 0.2) is 60.7 Å². The van der Waals surface area contributed by atoms with Gasteiger partial charge in [0, 0.05) is 0 Å². The van der Waals surface area contributed by atoms with Crippen molar-refractivity contribution in [1.29, 1.82) is 0 Å². The van der Waals surface area contributed by atoms with Crippen LogP contribution in [-0.2, 0) is 0 Å². The fraction of sp³-hybridized carbons (Fsp3) is 0.125. The van der Waals surface area contributed by atoms with Gasteiger partial charge in [0.15, 0.2) is 0 Å². The number of nitrogens with one attached hydrogen (secondary N) is 1. The standard InChI is InChI=1S/C14H12.C2H7N/c1-3-7-13(8-4-1)11-12-14-9-5-2-6-10-14;1-3-2/h1-12H;3H,1-2H3. The first-order valence-electron chi connectivity index (χ1n) is 5.73. The molecule has 0 fully saturated rings. The summed E-state index contributed by atoms with van der Waals surface area (Å²) in [6.45, 7) is 0. The lowest BCUT2D eigenvalue weighted by molar-refractivity contribution is 1.02. The Morgan fingerprint density at radius 1 is 0.647 bits per heavy atom. The molecule has 0 heterocycles. The summed E-state index contributed by atoms with van der Waals surface area (Å²) in [6, 6.07) is 20.6. The van der Waals surface area contributed by atoms with Crippen LogP contribution in [0, 0.1) is 0 Å². The lowest BCUT2D eigenvalue weighted by atomic mass is 10.1. The fourth-order valence-electron chi connectivity index (χ4n) is 1.32. The van der Waals surface area contributed by atoms with E-state index in [1.165, 1.54) is 11.1 Å². The second-order valence-electron chi connectivity index (χ2n) is 3.65. The lowest BCUT2D eigenvalue weighted by Crippen LogP contribution is -1.89. The molecule has 0 saturated heterocycles. The van der Waals surface area contributed by atoms with Crippen LogP contribution in [0.3, 0.4) is 0 Å². The first-order valence-corrected chi connectivity index (χ1v) is 5.73. The van der Waals surface area contributed by atoms with E-state index < -0.39 is 0 Å². The molecule has 0 bridgehead atoms. The molecule has 0 atom stereocenters. The van der Waals surface area contributed by atoms with E-state index in [-0.39, 0.29) is 0 Å². The van der Waals surface area contributed by atoms with Gasteiger partial charge in [-0.05, 0) is 25.2 Å². The lowest BCUT2D eigenvalue weighted by Gasteiger charge is -1.92. The number of hydrogen-bond acceptors (Lipinski definition) is 1. The first-order chi connectivity index (χ1) is 8.36. The zero-order valence-electron chi connectivity index (χ0n) is 10.4. The van der Waals surface area contributed by atoms with Crippen molar-refractivity contribution in [1.82, 2.24) is 5.32 Å². The van der Waals surface area contributed by atoms with Gasteiger partial charge in [0.2, 0.25) is 0 Å². The molecule has 1 nitrogen and oxygen atoms in total. The molecule has 1 N–H and O–H groups in total. The highest BCUT2D eigenvalue weighted by Crippen LogP contribution is 2.06. The maximum absolute atomic E-state index is 2.75. The van der Waals surface area contributed by atoms with Crippen molar-refractivity contribution in [3.8, 4) is 0 Å². The molecule has 0 unspecified atom stereocenters. The van der Waals surface area contributed by atoms with Crippen LogP contribution < -0.4 is 5.32 Å². The van der Waals surface area contributed by atoms with E-state index in [0.717, 1.165) is 0 Å². The minimum atomic E-state index is 1.23. The van der Waals surface area contributed by atoms with Crippen molar-refractivity contribution in [2.24, 2.45) is 0 Å². The van der Waals surface area contributed by atoms with Crippen molar-refractivity contribution >= 4 is 12.2 Å². The van der Waals surface area contributed by atoms with Crippen molar-refractivity contribution < 1.29 is 0 Å². The molecule has 0 spiro atoms. The smallest absolute Gasteiger partial charge is 0.0167 e. The SMILES string of the molecule is C(=Cc1ccccc1)c1ccccc1.CNC. The van der Waals surface area contributed by atoms with Gasteiger partial charge < -0.3 is 5.32 Å². The predicted molar refractivity (Wildman–Crippen MR) is 76.8 cm³/mol. The van der Waals surface area contributed by atoms with Crippen molar-refractivity contribution in [2.45, 2.75) is 0 Å². The molecule has 0 aromatic heterocycles. The van der Waals surface area contributed by atoms with Gasteiger partial charge in [0.05, 0.1) is 0 Å². The maximum atomic E-state index is 2.75. The highest BCUT2D eigenvalue weighted by molar-refractivity contribution is 5.69. The van der Waals surface area contributed by atoms with Crippen molar-refractivity contribution in [3.05, 3.63) is 71.8 Å². The largest absolute Gasteiger partial charge is 0.323 e. The topological polar surface area (TPSA) is 12.0 Å². The maximum Gasteiger partial charge on any atom is -0.0167 e. The average Bonchev–Trinajstić information content (AvgIpc) is 2.40. The van der Waals surface area contributed by atoms with E-state index in [9.17, 15) is 0 Å². The molecule has 0 aliphatic carbocycles. The molecule has 0 aliphatic heterocycles. The van der Waals surface area contributed by atoms with Gasteiger partial charge in [0.1, 0.15) is 0 Å². The summed E-state index contributed by atoms with van der Waals surface area (Å²) < 4.78 is 0. The summed E-state index contributed by atoms with van der Waals surface area (Å²) in [4.78, 5) is 0. The van der Waals surface area contributed by atoms with Crippen LogP contribution in [0.5, 0.6) is 0 Å². The molecule has 0 aliphatic rings. The van der Waals surface area contributed by atoms with Gasteiger partial charge in [-0.15, -0.1) is 0 Å². The summed E-state index contributed by atoms with van der Waals surface area (Å²) in [6.07, 6.45) is 4.24. The van der Waals surface area contributed by atoms with E-state index in [0.29, 0.717) is 0 Å². The quantitative estimate of drug-likeness (QED) is 0.769. The van der Waals surface area contributed by atoms with Crippen LogP contribution in [0.25, 0.3) is 12.2 Å². The number of benzene rings is 2. The molecule has 2 rings (SSSR count). The molecule has 2 aromatic carbocycles. The number of hydrogen-bond donors (Lipinski definition) is 1. The average molecular weight is 225 g/mol. The second kappa shape index (κ2) is 8.31. The molecule has 0 amide bonds. The predicted octanol–water partition coefficient (Wildman–Crippen LogP) is 3.69. The second-order valence-corrected chi connectivity index (χ2v) is 3.65. The number of rotatable bonds is 2. The van der Waals surface area contributed by atoms with Gasteiger partial charge in [-0.25, -0.2) is 0 Å². The Hall–Kier alpha value is -1.86. The molecule has 0 saturated carbocycles. The third kappa shape index (κ3) is 5.69. The van der Waals surface area contributed by atoms with Crippen LogP contribution in [0.2, 0.25) is 0 Å². The molecule has 17 heavy (non-hydrogen) atoms. The van der Waals surface area contributed by atoms with Gasteiger partial charge in [0.25, 0.3) is 0 Å². The summed E-state index contributed by atoms with van der Waals surface area (Å²) >= 11 is 0. The van der Waals surface area contributed by atoms with Gasteiger partial charge >= 0.3 is 0 Å². The van der Waals surface area contributed by atoms with Gasteiger partial charge in [-0.1, -0.05) is 72.8 Å². The fourth-order valence-corrected chi connectivity index (χ4v) is 1.32. The van der Waals surface area contributed by atoms with Crippen LogP contribution in [0.1, 0.15) is 11.1 Å². The van der Waals surface area contributed by atoms with E-state index in [2.05, 4.69) is 41.7 Å². The van der Waals surface area contributed by atoms with Crippen LogP contribution >= 0.6 is 0 Å². The van der Waals surface area contributed by atoms with Crippen LogP contribution in [-0.4, -0.2) is 14.1 Å². The Kier molecular flexibility index (Phi) is 6.46. The first kappa shape index (κ1) is 13.2. The van der Waals surface area contributed by atoms with Crippen LogP contribution in [0.4, 0.5) is 0 Å². The van der Waals surface area contributed by atoms with Crippen molar-refractivity contribution in [2.75, 3.05) is 14.1 Å². The Bertz CT molecular complexity index is 376. The third-order valence-corrected chi connectivity index (χ3v) is 2.07. The summed E-state index contributed by atoms with van der Waals surface area (Å²) in [5, 5.41) is 2.75. The Morgan fingerprint density at radius 2 is 0.941 bits per heavy atom. The van der Waals surface area contributed by atoms with E-state index >= 15 is 0 Å². The minimum absolute atomic E-state index is 1.23. The minimum Gasteiger partial charge on any atom is -0.323 e. The van der Waals surface area contributed by atoms with Gasteiger partial charge in [-0.2, -0.15) is 0 Å². The van der Waals surface area contributed by atoms with Crippen molar-refractivity contribution in [3.63, 3.8) is 0 Å². The molecular formula is C16H19N. The highest BCUT2D eigenvalue weighted by atomic mass is 14.7. The normalized spacial score (nSPS) is 9.76. The molecule has 88 valence electrons. The summed E-state index contributed by atoms with van der Waals surface area (Å²) in [5.74, 6) is 0. The third-order valence-electron chi connectivity index (χ3n) is 2.07. The monoisotopic (exact) mass is 225 g/mol. The molecular weight excluding hydrogens is 206 g/mol. The van der Waals surface area contributed by atoms with Gasteiger partial charge in [-0.3, -0.25) is 0 Å². The van der Waals surface area contributed by atoms with E-state index in [4.69, 9.17) is 0 Å². The molecule has 2 aromatic rings. The Labute approximate surface area is 104 Å². The zero-order chi connectivity index (χ0) is 12.3. The molecule has 0 radical (unpaired) electrons. The summed E-state index contributed by atoms with van der Waals surface area (Å²) in [5.41, 5.74) is 2.47. The Balaban J connectivity index is 0.000000437. The van der Waals surface area contributed by atoms with E-state index in [1.807, 2.05) is 50.5 Å². The highest BCUT2D eigenvalue weighted by Gasteiger charge is 1.84. The zero-order valence-corrected chi connectivity index (χ0v) is 10.4. The molecule has 1 heteroatoms. The Morgan fingerprint density at radius 3 is 1.24 bits per heavy atom. The van der Waals surface area contributed by atoms with E-state index in [1.54, 1.807) is 0 Å².